The van der Waals surface area contributed by atoms with E-state index in [-0.39, 0.29) is 16.5 Å². The number of phenolic OH excluding ortho intramolecular Hbond substituents is 1. The summed E-state index contributed by atoms with van der Waals surface area (Å²) in [5, 5.41) is 23.8. The van der Waals surface area contributed by atoms with Crippen LogP contribution in [0.5, 0.6) is 5.75 Å². The average molecular weight is 484 g/mol. The molecule has 2 aromatic carbocycles. The van der Waals surface area contributed by atoms with Gasteiger partial charge in [0.2, 0.25) is 0 Å². The molecule has 4 rings (SSSR count). The van der Waals surface area contributed by atoms with Gasteiger partial charge in [-0.05, 0) is 36.5 Å². The van der Waals surface area contributed by atoms with Crippen molar-refractivity contribution in [1.29, 1.82) is 0 Å². The van der Waals surface area contributed by atoms with E-state index in [2.05, 4.69) is 10.3 Å². The maximum Gasteiger partial charge on any atom is 0.407 e. The Kier molecular flexibility index (Phi) is 8.24. The second-order valence-electron chi connectivity index (χ2n) is 9.15. The maximum atomic E-state index is 12.2. The number of nitrogens with zero attached hydrogens (tertiary/aromatic N) is 1. The van der Waals surface area contributed by atoms with E-state index in [1.54, 1.807) is 6.07 Å². The van der Waals surface area contributed by atoms with Crippen molar-refractivity contribution in [2.24, 2.45) is 0 Å². The highest BCUT2D eigenvalue weighted by Crippen LogP contribution is 2.34. The van der Waals surface area contributed by atoms with Gasteiger partial charge in [0.25, 0.3) is 0 Å². The Morgan fingerprint density at radius 2 is 1.85 bits per heavy atom. The van der Waals surface area contributed by atoms with Gasteiger partial charge in [-0.25, -0.2) is 4.79 Å². The number of H-pyrrole nitrogens is 1. The molecule has 8 heteroatoms. The first kappa shape index (κ1) is 24.3. The lowest BCUT2D eigenvalue weighted by molar-refractivity contribution is 0.141. The number of hydrogen-bond donors (Lipinski definition) is 4. The Hall–Kier alpha value is -2.84. The van der Waals surface area contributed by atoms with Crippen molar-refractivity contribution < 1.29 is 15.0 Å². The quantitative estimate of drug-likeness (QED) is 0.324. The molecule has 1 atom stereocenters. The van der Waals surface area contributed by atoms with Crippen LogP contribution in [0, 0.1) is 0 Å². The number of fused-ring (bicyclic) bond motifs is 1. The minimum atomic E-state index is -0.946. The molecule has 1 aromatic heterocycles. The van der Waals surface area contributed by atoms with Crippen LogP contribution in [-0.2, 0) is 6.42 Å². The Balaban J connectivity index is 1.55. The van der Waals surface area contributed by atoms with E-state index < -0.39 is 6.09 Å². The molecule has 1 aliphatic rings. The first-order valence-corrected chi connectivity index (χ1v) is 12.9. The zero-order chi connectivity index (χ0) is 23.9. The lowest BCUT2D eigenvalue weighted by atomic mass is 9.91. The molecule has 1 unspecified atom stereocenters. The summed E-state index contributed by atoms with van der Waals surface area (Å²) in [6.45, 7) is 1.34. The molecule has 0 saturated heterocycles. The minimum Gasteiger partial charge on any atom is -0.506 e. The fourth-order valence-electron chi connectivity index (χ4n) is 4.95. The molecule has 1 fully saturated rings. The number of aromatic hydroxyl groups is 1. The van der Waals surface area contributed by atoms with Gasteiger partial charge in [-0.3, -0.25) is 4.79 Å². The standard InChI is InChI=1S/C26H33N3O4S/c30-22-13-12-21(24-23(22)28-25(31)34-24)19(16-18-8-4-3-5-9-18)17-29(26(32)33)15-14-27-20-10-6-1-2-7-11-20/h3-5,8-9,12-13,19-20,27,30H,1-2,6-7,10-11,14-17H2,(H,28,31)(H,32,33). The third-order valence-corrected chi connectivity index (χ3v) is 7.67. The Morgan fingerprint density at radius 3 is 2.56 bits per heavy atom. The van der Waals surface area contributed by atoms with Gasteiger partial charge in [-0.15, -0.1) is 0 Å². The minimum absolute atomic E-state index is 0.0262. The molecule has 1 heterocycles. The summed E-state index contributed by atoms with van der Waals surface area (Å²) in [7, 11) is 0. The molecule has 0 radical (unpaired) electrons. The van der Waals surface area contributed by atoms with Crippen LogP contribution in [0.3, 0.4) is 0 Å². The Labute approximate surface area is 203 Å². The number of thiazole rings is 1. The van der Waals surface area contributed by atoms with E-state index in [0.717, 1.165) is 35.3 Å². The molecule has 1 amide bonds. The van der Waals surface area contributed by atoms with Crippen LogP contribution in [0.4, 0.5) is 4.79 Å². The van der Waals surface area contributed by atoms with E-state index >= 15 is 0 Å². The molecule has 7 nitrogen and oxygen atoms in total. The highest BCUT2D eigenvalue weighted by atomic mass is 32.1. The average Bonchev–Trinajstić information content (AvgIpc) is 3.04. The fourth-order valence-corrected chi connectivity index (χ4v) is 5.90. The van der Waals surface area contributed by atoms with Gasteiger partial charge in [-0.1, -0.05) is 73.4 Å². The van der Waals surface area contributed by atoms with Gasteiger partial charge >= 0.3 is 11.0 Å². The van der Waals surface area contributed by atoms with Crippen LogP contribution >= 0.6 is 11.3 Å². The van der Waals surface area contributed by atoms with Crippen LogP contribution in [0.25, 0.3) is 10.2 Å². The van der Waals surface area contributed by atoms with Gasteiger partial charge in [0.05, 0.1) is 4.70 Å². The number of amides is 1. The van der Waals surface area contributed by atoms with E-state index in [4.69, 9.17) is 0 Å². The van der Waals surface area contributed by atoms with Gasteiger partial charge in [0.1, 0.15) is 11.3 Å². The predicted octanol–water partition coefficient (Wildman–Crippen LogP) is 4.91. The molecule has 0 aliphatic heterocycles. The van der Waals surface area contributed by atoms with Gasteiger partial charge in [0, 0.05) is 31.6 Å². The van der Waals surface area contributed by atoms with E-state index in [1.165, 1.54) is 30.6 Å². The number of phenols is 1. The second-order valence-corrected chi connectivity index (χ2v) is 10.1. The summed E-state index contributed by atoms with van der Waals surface area (Å²) in [5.41, 5.74) is 2.39. The highest BCUT2D eigenvalue weighted by molar-refractivity contribution is 7.16. The second kappa shape index (κ2) is 11.5. The SMILES string of the molecule is O=C(O)N(CCNC1CCCCCC1)CC(Cc1ccccc1)c1ccc(O)c2[nH]c(=O)sc12. The number of rotatable bonds is 9. The van der Waals surface area contributed by atoms with Crippen LogP contribution in [0.1, 0.15) is 55.6 Å². The molecule has 182 valence electrons. The largest absolute Gasteiger partial charge is 0.506 e. The van der Waals surface area contributed by atoms with Crippen molar-refractivity contribution in [2.75, 3.05) is 19.6 Å². The van der Waals surface area contributed by atoms with E-state index in [1.807, 2.05) is 36.4 Å². The van der Waals surface area contributed by atoms with Crippen molar-refractivity contribution in [3.63, 3.8) is 0 Å². The molecule has 3 aromatic rings. The number of aromatic amines is 1. The number of benzene rings is 2. The van der Waals surface area contributed by atoms with Gasteiger partial charge in [0.15, 0.2) is 0 Å². The summed E-state index contributed by atoms with van der Waals surface area (Å²) in [6, 6.07) is 13.8. The van der Waals surface area contributed by atoms with Crippen molar-refractivity contribution in [2.45, 2.75) is 56.9 Å². The normalized spacial score (nSPS) is 15.8. The molecular weight excluding hydrogens is 450 g/mol. The van der Waals surface area contributed by atoms with Crippen LogP contribution < -0.4 is 10.2 Å². The molecule has 0 spiro atoms. The molecule has 4 N–H and O–H groups in total. The van der Waals surface area contributed by atoms with Crippen LogP contribution in [-0.4, -0.2) is 51.9 Å². The maximum absolute atomic E-state index is 12.2. The summed E-state index contributed by atoms with van der Waals surface area (Å²) >= 11 is 1.06. The molecule has 1 saturated carbocycles. The highest BCUT2D eigenvalue weighted by Gasteiger charge is 2.24. The number of aromatic nitrogens is 1. The van der Waals surface area contributed by atoms with Gasteiger partial charge in [-0.2, -0.15) is 0 Å². The Morgan fingerprint density at radius 1 is 1.12 bits per heavy atom. The summed E-state index contributed by atoms with van der Waals surface area (Å²) in [5.74, 6) is -0.135. The topological polar surface area (TPSA) is 106 Å². The van der Waals surface area contributed by atoms with E-state index in [0.29, 0.717) is 42.3 Å². The van der Waals surface area contributed by atoms with Crippen molar-refractivity contribution in [3.8, 4) is 5.75 Å². The van der Waals surface area contributed by atoms with Crippen LogP contribution in [0.2, 0.25) is 0 Å². The fraction of sp³-hybridized carbons (Fsp3) is 0.462. The number of carbonyl (C=O) groups is 1. The van der Waals surface area contributed by atoms with Gasteiger partial charge < -0.3 is 25.4 Å². The third-order valence-electron chi connectivity index (χ3n) is 6.73. The summed E-state index contributed by atoms with van der Waals surface area (Å²) in [4.78, 5) is 28.2. The first-order chi connectivity index (χ1) is 16.5. The van der Waals surface area contributed by atoms with Crippen LogP contribution in [0.15, 0.2) is 47.3 Å². The molecule has 34 heavy (non-hydrogen) atoms. The number of hydrogen-bond acceptors (Lipinski definition) is 5. The van der Waals surface area contributed by atoms with Crippen molar-refractivity contribution >= 4 is 27.6 Å². The summed E-state index contributed by atoms with van der Waals surface area (Å²) < 4.78 is 0.688. The zero-order valence-corrected chi connectivity index (χ0v) is 20.2. The number of nitrogens with one attached hydrogen (secondary N) is 2. The lowest BCUT2D eigenvalue weighted by Gasteiger charge is -2.27. The Bertz CT molecular complexity index is 1140. The predicted molar refractivity (Wildman–Crippen MR) is 136 cm³/mol. The molecular formula is C26H33N3O4S. The first-order valence-electron chi connectivity index (χ1n) is 12.1. The van der Waals surface area contributed by atoms with Crippen molar-refractivity contribution in [3.05, 3.63) is 63.3 Å². The monoisotopic (exact) mass is 483 g/mol. The summed E-state index contributed by atoms with van der Waals surface area (Å²) in [6.07, 6.45) is 7.03. The zero-order valence-electron chi connectivity index (χ0n) is 19.3. The van der Waals surface area contributed by atoms with E-state index in [9.17, 15) is 19.8 Å². The van der Waals surface area contributed by atoms with Crippen molar-refractivity contribution in [1.82, 2.24) is 15.2 Å². The smallest absolute Gasteiger partial charge is 0.407 e. The number of carboxylic acid groups (broad SMARTS) is 1. The molecule has 1 aliphatic carbocycles. The lowest BCUT2D eigenvalue weighted by Crippen LogP contribution is -2.41. The molecule has 0 bridgehead atoms. The third kappa shape index (κ3) is 6.18.